The highest BCUT2D eigenvalue weighted by atomic mass is 19.1. The van der Waals surface area contributed by atoms with Crippen molar-refractivity contribution in [3.63, 3.8) is 0 Å². The van der Waals surface area contributed by atoms with Crippen LogP contribution in [0.5, 0.6) is 5.75 Å². The lowest BCUT2D eigenvalue weighted by Gasteiger charge is -2.12. The average Bonchev–Trinajstić information content (AvgIpc) is 2.29. The van der Waals surface area contributed by atoms with E-state index in [1.807, 2.05) is 0 Å². The minimum Gasteiger partial charge on any atom is -0.505 e. The van der Waals surface area contributed by atoms with Crippen molar-refractivity contribution in [1.29, 1.82) is 0 Å². The van der Waals surface area contributed by atoms with E-state index in [9.17, 15) is 13.6 Å². The Morgan fingerprint density at radius 2 is 2.18 bits per heavy atom. The first-order valence-corrected chi connectivity index (χ1v) is 5.05. The molecule has 0 amide bonds. The van der Waals surface area contributed by atoms with Gasteiger partial charge >= 0.3 is 5.97 Å². The lowest BCUT2D eigenvalue weighted by atomic mass is 10.0. The van der Waals surface area contributed by atoms with Gasteiger partial charge in [-0.15, -0.1) is 0 Å². The second-order valence-corrected chi connectivity index (χ2v) is 3.42. The van der Waals surface area contributed by atoms with Crippen LogP contribution in [0, 0.1) is 11.6 Å². The standard InChI is InChI=1S/C11H13F2NO3/c1-2-17-11(16)8(14)5-6-7(12)3-4-9(15)10(6)13/h3-4,8,15H,2,5,14H2,1H3. The van der Waals surface area contributed by atoms with E-state index in [4.69, 9.17) is 10.8 Å². The molecule has 6 heteroatoms. The summed E-state index contributed by atoms with van der Waals surface area (Å²) in [5, 5.41) is 9.08. The fourth-order valence-corrected chi connectivity index (χ4v) is 1.32. The third-order valence-electron chi connectivity index (χ3n) is 2.18. The van der Waals surface area contributed by atoms with Crippen LogP contribution in [0.3, 0.4) is 0 Å². The molecule has 0 aliphatic rings. The SMILES string of the molecule is CCOC(=O)C(N)Cc1c(F)ccc(O)c1F. The van der Waals surface area contributed by atoms with Crippen LogP contribution in [-0.2, 0) is 16.0 Å². The Hall–Kier alpha value is -1.69. The van der Waals surface area contributed by atoms with E-state index < -0.39 is 35.0 Å². The molecule has 1 aromatic rings. The number of benzene rings is 1. The van der Waals surface area contributed by atoms with Crippen LogP contribution in [0.2, 0.25) is 0 Å². The van der Waals surface area contributed by atoms with E-state index in [1.165, 1.54) is 0 Å². The molecular weight excluding hydrogens is 232 g/mol. The van der Waals surface area contributed by atoms with Gasteiger partial charge in [0.05, 0.1) is 6.61 Å². The number of phenols is 1. The van der Waals surface area contributed by atoms with Crippen LogP contribution in [0.15, 0.2) is 12.1 Å². The van der Waals surface area contributed by atoms with Gasteiger partial charge in [-0.05, 0) is 19.1 Å². The molecule has 1 unspecified atom stereocenters. The molecule has 0 bridgehead atoms. The lowest BCUT2D eigenvalue weighted by Crippen LogP contribution is -2.35. The highest BCUT2D eigenvalue weighted by Crippen LogP contribution is 2.22. The Labute approximate surface area is 97.0 Å². The number of phenolic OH excluding ortho intramolecular Hbond substituents is 1. The summed E-state index contributed by atoms with van der Waals surface area (Å²) in [5.41, 5.74) is 5.01. The molecule has 1 rings (SSSR count). The molecule has 0 aliphatic heterocycles. The maximum Gasteiger partial charge on any atom is 0.323 e. The topological polar surface area (TPSA) is 72.5 Å². The first-order chi connectivity index (χ1) is 7.97. The Bertz CT molecular complexity index is 423. The summed E-state index contributed by atoms with van der Waals surface area (Å²) in [5.74, 6) is -3.39. The summed E-state index contributed by atoms with van der Waals surface area (Å²) in [6, 6.07) is 0.635. The molecule has 0 aliphatic carbocycles. The lowest BCUT2D eigenvalue weighted by molar-refractivity contribution is -0.144. The van der Waals surface area contributed by atoms with Gasteiger partial charge in [-0.3, -0.25) is 4.79 Å². The van der Waals surface area contributed by atoms with E-state index in [0.29, 0.717) is 0 Å². The molecule has 0 aromatic heterocycles. The van der Waals surface area contributed by atoms with Gasteiger partial charge in [0.2, 0.25) is 0 Å². The van der Waals surface area contributed by atoms with Gasteiger partial charge in [0, 0.05) is 12.0 Å². The van der Waals surface area contributed by atoms with Gasteiger partial charge in [0.25, 0.3) is 0 Å². The normalized spacial score (nSPS) is 12.2. The Morgan fingerprint density at radius 1 is 1.53 bits per heavy atom. The van der Waals surface area contributed by atoms with E-state index in [1.54, 1.807) is 6.92 Å². The fraction of sp³-hybridized carbons (Fsp3) is 0.364. The van der Waals surface area contributed by atoms with Crippen LogP contribution in [-0.4, -0.2) is 23.7 Å². The van der Waals surface area contributed by atoms with Crippen molar-refractivity contribution in [1.82, 2.24) is 0 Å². The van der Waals surface area contributed by atoms with Crippen LogP contribution in [0.1, 0.15) is 12.5 Å². The van der Waals surface area contributed by atoms with Gasteiger partial charge in [0.15, 0.2) is 11.6 Å². The number of rotatable bonds is 4. The molecule has 3 N–H and O–H groups in total. The average molecular weight is 245 g/mol. The quantitative estimate of drug-likeness (QED) is 0.779. The largest absolute Gasteiger partial charge is 0.505 e. The number of esters is 1. The van der Waals surface area contributed by atoms with Crippen LogP contribution in [0.4, 0.5) is 8.78 Å². The minimum absolute atomic E-state index is 0.136. The number of nitrogens with two attached hydrogens (primary N) is 1. The molecule has 0 spiro atoms. The summed E-state index contributed by atoms with van der Waals surface area (Å²) < 4.78 is 31.3. The summed E-state index contributed by atoms with van der Waals surface area (Å²) in [4.78, 5) is 11.2. The first-order valence-electron chi connectivity index (χ1n) is 5.05. The van der Waals surface area contributed by atoms with Gasteiger partial charge in [-0.1, -0.05) is 0 Å². The number of aromatic hydroxyl groups is 1. The van der Waals surface area contributed by atoms with E-state index in [2.05, 4.69) is 4.74 Å². The van der Waals surface area contributed by atoms with Gasteiger partial charge in [-0.2, -0.15) is 0 Å². The third kappa shape index (κ3) is 3.13. The Morgan fingerprint density at radius 3 is 2.76 bits per heavy atom. The summed E-state index contributed by atoms with van der Waals surface area (Å²) >= 11 is 0. The summed E-state index contributed by atoms with van der Waals surface area (Å²) in [6.07, 6.45) is -0.370. The van der Waals surface area contributed by atoms with Crippen molar-refractivity contribution in [3.8, 4) is 5.75 Å². The van der Waals surface area contributed by atoms with Crippen LogP contribution in [0.25, 0.3) is 0 Å². The number of ether oxygens (including phenoxy) is 1. The highest BCUT2D eigenvalue weighted by molar-refractivity contribution is 5.75. The van der Waals surface area contributed by atoms with Crippen molar-refractivity contribution in [2.45, 2.75) is 19.4 Å². The fourth-order valence-electron chi connectivity index (χ4n) is 1.32. The third-order valence-corrected chi connectivity index (χ3v) is 2.18. The van der Waals surface area contributed by atoms with Gasteiger partial charge in [-0.25, -0.2) is 8.78 Å². The minimum atomic E-state index is -1.17. The predicted octanol–water partition coefficient (Wildman–Crippen LogP) is 1.10. The predicted molar refractivity (Wildman–Crippen MR) is 56.3 cm³/mol. The summed E-state index contributed by atoms with van der Waals surface area (Å²) in [7, 11) is 0. The monoisotopic (exact) mass is 245 g/mol. The van der Waals surface area contributed by atoms with E-state index in [-0.39, 0.29) is 13.0 Å². The first kappa shape index (κ1) is 13.4. The zero-order valence-electron chi connectivity index (χ0n) is 9.24. The summed E-state index contributed by atoms with van der Waals surface area (Å²) in [6.45, 7) is 1.73. The number of carbonyl (C=O) groups excluding carboxylic acids is 1. The maximum atomic E-state index is 13.4. The molecule has 4 nitrogen and oxygen atoms in total. The van der Waals surface area contributed by atoms with Crippen molar-refractivity contribution in [2.75, 3.05) is 6.61 Å². The molecule has 94 valence electrons. The second kappa shape index (κ2) is 5.58. The molecule has 0 fully saturated rings. The van der Waals surface area contributed by atoms with Crippen molar-refractivity contribution in [3.05, 3.63) is 29.3 Å². The number of hydrogen-bond donors (Lipinski definition) is 2. The highest BCUT2D eigenvalue weighted by Gasteiger charge is 2.21. The molecule has 0 heterocycles. The van der Waals surface area contributed by atoms with Gasteiger partial charge in [0.1, 0.15) is 11.9 Å². The van der Waals surface area contributed by atoms with Crippen LogP contribution >= 0.6 is 0 Å². The maximum absolute atomic E-state index is 13.4. The molecule has 0 saturated heterocycles. The van der Waals surface area contributed by atoms with E-state index in [0.717, 1.165) is 12.1 Å². The molecule has 0 radical (unpaired) electrons. The molecular formula is C11H13F2NO3. The zero-order chi connectivity index (χ0) is 13.0. The Kier molecular flexibility index (Phi) is 4.39. The van der Waals surface area contributed by atoms with Gasteiger partial charge < -0.3 is 15.6 Å². The number of hydrogen-bond acceptors (Lipinski definition) is 4. The van der Waals surface area contributed by atoms with Crippen molar-refractivity contribution >= 4 is 5.97 Å². The van der Waals surface area contributed by atoms with Crippen LogP contribution < -0.4 is 5.73 Å². The Balaban J connectivity index is 2.88. The smallest absolute Gasteiger partial charge is 0.323 e. The number of halogens is 2. The molecule has 17 heavy (non-hydrogen) atoms. The van der Waals surface area contributed by atoms with Crippen molar-refractivity contribution in [2.24, 2.45) is 5.73 Å². The second-order valence-electron chi connectivity index (χ2n) is 3.42. The van der Waals surface area contributed by atoms with Crippen molar-refractivity contribution < 1.29 is 23.4 Å². The molecule has 1 atom stereocenters. The molecule has 0 saturated carbocycles. The van der Waals surface area contributed by atoms with E-state index >= 15 is 0 Å². The number of carbonyl (C=O) groups is 1. The molecule has 1 aromatic carbocycles. The zero-order valence-corrected chi connectivity index (χ0v) is 9.24.